The molecule has 0 aliphatic carbocycles. The first-order valence-corrected chi connectivity index (χ1v) is 2.91. The van der Waals surface area contributed by atoms with E-state index in [2.05, 4.69) is 4.52 Å². The smallest absolute Gasteiger partial charge is 0.781 e. The molecule has 0 spiro atoms. The molecule has 4 nitrogen and oxygen atoms in total. The van der Waals surface area contributed by atoms with Crippen LogP contribution in [0.25, 0.3) is 0 Å². The number of aliphatic hydroxyl groups excluding tert-OH is 1. The van der Waals surface area contributed by atoms with E-state index in [1.807, 2.05) is 0 Å². The molecule has 8 heavy (non-hydrogen) atoms. The van der Waals surface area contributed by atoms with E-state index in [1.165, 1.54) is 6.92 Å². The van der Waals surface area contributed by atoms with Crippen molar-refractivity contribution in [1.29, 1.82) is 0 Å². The summed E-state index contributed by atoms with van der Waals surface area (Å²) in [7, 11) is -3.18. The topological polar surface area (TPSA) is 69.6 Å². The molecule has 6 heteroatoms. The van der Waals surface area contributed by atoms with Crippen LogP contribution in [0.2, 0.25) is 0 Å². The number of aliphatic hydroxyl groups is 1. The molecule has 1 N–H and O–H groups in total. The van der Waals surface area contributed by atoms with E-state index in [0.29, 0.717) is 0 Å². The number of rotatable bonds is 2. The summed E-state index contributed by atoms with van der Waals surface area (Å²) in [6, 6.07) is 0. The zero-order valence-electron chi connectivity index (χ0n) is 4.75. The second kappa shape index (κ2) is 6.23. The fourth-order valence-electron chi connectivity index (χ4n) is 0.139. The maximum atomic E-state index is 9.50. The normalized spacial score (nSPS) is 16.4. The summed E-state index contributed by atoms with van der Waals surface area (Å²) in [6.07, 6.45) is -1.20. The van der Waals surface area contributed by atoms with Gasteiger partial charge in [-0.05, 0) is 6.92 Å². The SMILES string of the molecule is CC(O)O[PH](=O)[O-].[Na+]. The Hall–Kier alpha value is 1.11. The average molecular weight is 148 g/mol. The van der Waals surface area contributed by atoms with Crippen molar-refractivity contribution in [2.75, 3.05) is 0 Å². The summed E-state index contributed by atoms with van der Waals surface area (Å²) < 4.78 is 13.3. The van der Waals surface area contributed by atoms with Gasteiger partial charge in [0.05, 0.1) is 0 Å². The molecule has 0 aromatic heterocycles. The summed E-state index contributed by atoms with van der Waals surface area (Å²) in [5, 5.41) is 8.13. The van der Waals surface area contributed by atoms with Gasteiger partial charge in [-0.3, -0.25) is 0 Å². The van der Waals surface area contributed by atoms with Crippen LogP contribution in [0.3, 0.4) is 0 Å². The molecule has 0 saturated carbocycles. The van der Waals surface area contributed by atoms with Crippen LogP contribution >= 0.6 is 8.25 Å². The zero-order valence-corrected chi connectivity index (χ0v) is 7.75. The first-order valence-electron chi connectivity index (χ1n) is 1.68. The van der Waals surface area contributed by atoms with Crippen LogP contribution in [0.1, 0.15) is 6.92 Å². The second-order valence-corrected chi connectivity index (χ2v) is 1.70. The van der Waals surface area contributed by atoms with Gasteiger partial charge >= 0.3 is 29.6 Å². The molecule has 2 unspecified atom stereocenters. The minimum Gasteiger partial charge on any atom is -0.781 e. The van der Waals surface area contributed by atoms with Crippen LogP contribution < -0.4 is 34.5 Å². The van der Waals surface area contributed by atoms with E-state index < -0.39 is 14.5 Å². The molecular formula is C2H6NaO4P. The Morgan fingerprint density at radius 2 is 2.25 bits per heavy atom. The molecule has 44 valence electrons. The first-order chi connectivity index (χ1) is 3.13. The van der Waals surface area contributed by atoms with Gasteiger partial charge in [-0.2, -0.15) is 0 Å². The maximum Gasteiger partial charge on any atom is 1.00 e. The molecule has 0 bridgehead atoms. The monoisotopic (exact) mass is 148 g/mol. The van der Waals surface area contributed by atoms with E-state index in [9.17, 15) is 9.46 Å². The van der Waals surface area contributed by atoms with Gasteiger partial charge in [0.15, 0.2) is 6.29 Å². The van der Waals surface area contributed by atoms with Crippen LogP contribution in [0.15, 0.2) is 0 Å². The Labute approximate surface area is 70.1 Å². The average Bonchev–Trinajstić information content (AvgIpc) is 1.27. The van der Waals surface area contributed by atoms with Crippen molar-refractivity contribution in [3.8, 4) is 0 Å². The van der Waals surface area contributed by atoms with E-state index >= 15 is 0 Å². The van der Waals surface area contributed by atoms with E-state index in [4.69, 9.17) is 5.11 Å². The van der Waals surface area contributed by atoms with Gasteiger partial charge in [-0.15, -0.1) is 0 Å². The molecule has 0 amide bonds. The third kappa shape index (κ3) is 10.2. The quantitative estimate of drug-likeness (QED) is 0.247. The molecule has 0 saturated heterocycles. The van der Waals surface area contributed by atoms with Crippen LogP contribution in [0.4, 0.5) is 0 Å². The molecule has 0 heterocycles. The van der Waals surface area contributed by atoms with Crippen LogP contribution in [0, 0.1) is 0 Å². The van der Waals surface area contributed by atoms with Crippen LogP contribution in [-0.2, 0) is 9.09 Å². The van der Waals surface area contributed by atoms with Gasteiger partial charge in [0.1, 0.15) is 8.25 Å². The van der Waals surface area contributed by atoms with Crippen molar-refractivity contribution in [3.05, 3.63) is 0 Å². The second-order valence-electron chi connectivity index (χ2n) is 0.967. The Bertz CT molecular complexity index is 74.4. The Kier molecular flexibility index (Phi) is 9.24. The summed E-state index contributed by atoms with van der Waals surface area (Å²) in [6.45, 7) is 1.22. The van der Waals surface area contributed by atoms with Crippen molar-refractivity contribution in [3.63, 3.8) is 0 Å². The molecule has 2 atom stereocenters. The van der Waals surface area contributed by atoms with E-state index in [1.54, 1.807) is 0 Å². The third-order valence-electron chi connectivity index (χ3n) is 0.267. The summed E-state index contributed by atoms with van der Waals surface area (Å²) >= 11 is 0. The van der Waals surface area contributed by atoms with Crippen molar-refractivity contribution >= 4 is 8.25 Å². The van der Waals surface area contributed by atoms with E-state index in [-0.39, 0.29) is 29.6 Å². The Balaban J connectivity index is 0. The number of hydrogen-bond acceptors (Lipinski definition) is 4. The molecule has 0 aliphatic heterocycles. The van der Waals surface area contributed by atoms with Gasteiger partial charge in [0.2, 0.25) is 0 Å². The minimum atomic E-state index is -3.18. The van der Waals surface area contributed by atoms with Gasteiger partial charge in [0.25, 0.3) is 0 Å². The van der Waals surface area contributed by atoms with Crippen LogP contribution in [-0.4, -0.2) is 11.4 Å². The molecule has 0 aromatic rings. The van der Waals surface area contributed by atoms with Crippen molar-refractivity contribution in [1.82, 2.24) is 0 Å². The van der Waals surface area contributed by atoms with E-state index in [0.717, 1.165) is 0 Å². The summed E-state index contributed by atoms with van der Waals surface area (Å²) in [5.74, 6) is 0. The summed E-state index contributed by atoms with van der Waals surface area (Å²) in [4.78, 5) is 9.50. The van der Waals surface area contributed by atoms with Crippen LogP contribution in [0.5, 0.6) is 0 Å². The fraction of sp³-hybridized carbons (Fsp3) is 1.00. The Morgan fingerprint density at radius 1 is 1.88 bits per heavy atom. The summed E-state index contributed by atoms with van der Waals surface area (Å²) in [5.41, 5.74) is 0. The Morgan fingerprint density at radius 3 is 2.25 bits per heavy atom. The van der Waals surface area contributed by atoms with Crippen molar-refractivity contribution in [2.24, 2.45) is 0 Å². The largest absolute Gasteiger partial charge is 1.00 e. The molecule has 0 aliphatic rings. The third-order valence-corrected chi connectivity index (χ3v) is 0.800. The molecule has 0 fully saturated rings. The van der Waals surface area contributed by atoms with Gasteiger partial charge in [-0.25, -0.2) is 0 Å². The van der Waals surface area contributed by atoms with Gasteiger partial charge in [-0.1, -0.05) is 0 Å². The minimum absolute atomic E-state index is 0. The zero-order chi connectivity index (χ0) is 5.86. The molecule has 0 radical (unpaired) electrons. The van der Waals surface area contributed by atoms with Crippen molar-refractivity contribution < 1.29 is 48.6 Å². The van der Waals surface area contributed by atoms with Gasteiger partial charge in [0, 0.05) is 0 Å². The maximum absolute atomic E-state index is 9.50. The van der Waals surface area contributed by atoms with Crippen molar-refractivity contribution in [2.45, 2.75) is 13.2 Å². The predicted octanol–water partition coefficient (Wildman–Crippen LogP) is -3.90. The predicted molar refractivity (Wildman–Crippen MR) is 21.8 cm³/mol. The standard InChI is InChI=1S/C2H7O4P.Na/c1-2(3)6-7(4)5;/h2-3,7H,1H3,(H,4,5);/q;+1/p-1. The van der Waals surface area contributed by atoms with Gasteiger partial charge < -0.3 is 19.1 Å². The molecule has 0 aromatic carbocycles. The fourth-order valence-corrected chi connectivity index (χ4v) is 0.418. The molecular weight excluding hydrogens is 142 g/mol. The number of hydrogen-bond donors (Lipinski definition) is 1. The molecule has 0 rings (SSSR count). The first kappa shape index (κ1) is 11.9.